The Morgan fingerprint density at radius 3 is 2.54 bits per heavy atom. The maximum Gasteiger partial charge on any atom is 0.343 e. The molecule has 1 amide bonds. The number of para-hydroxylation sites is 1. The number of amides is 1. The second-order valence-corrected chi connectivity index (χ2v) is 10.4. The molecule has 0 saturated carbocycles. The first-order valence-corrected chi connectivity index (χ1v) is 14.0. The number of aromatic amines is 1. The van der Waals surface area contributed by atoms with Gasteiger partial charge in [0.15, 0.2) is 11.5 Å². The number of halogens is 2. The Labute approximate surface area is 250 Å². The van der Waals surface area contributed by atoms with Crippen molar-refractivity contribution < 1.29 is 19.1 Å². The molecule has 0 aliphatic rings. The fourth-order valence-corrected chi connectivity index (χ4v) is 4.90. The van der Waals surface area contributed by atoms with Crippen LogP contribution in [0.3, 0.4) is 0 Å². The molecular weight excluding hydrogens is 606 g/mol. The largest absolute Gasteiger partial charge is 0.490 e. The van der Waals surface area contributed by atoms with Gasteiger partial charge in [0.25, 0.3) is 5.91 Å². The summed E-state index contributed by atoms with van der Waals surface area (Å²) in [6, 6.07) is 25.2. The highest BCUT2D eigenvalue weighted by molar-refractivity contribution is 9.10. The molecule has 0 spiro atoms. The number of ether oxygens (including phenoxy) is 2. The second-order valence-electron chi connectivity index (χ2n) is 9.09. The highest BCUT2D eigenvalue weighted by Crippen LogP contribution is 2.37. The summed E-state index contributed by atoms with van der Waals surface area (Å²) in [5, 5.41) is 5.60. The zero-order chi connectivity index (χ0) is 28.9. The van der Waals surface area contributed by atoms with Crippen LogP contribution in [0.4, 0.5) is 0 Å². The predicted octanol–water partition coefficient (Wildman–Crippen LogP) is 7.94. The summed E-state index contributed by atoms with van der Waals surface area (Å²) in [5.74, 6) is -0.272. The molecule has 206 valence electrons. The normalized spacial score (nSPS) is 11.1. The number of esters is 1. The molecular formula is C32H25BrClN3O4. The maximum absolute atomic E-state index is 13.3. The van der Waals surface area contributed by atoms with Gasteiger partial charge in [-0.3, -0.25) is 4.79 Å². The van der Waals surface area contributed by atoms with Crippen LogP contribution in [0.5, 0.6) is 11.5 Å². The molecule has 7 nitrogen and oxygen atoms in total. The molecule has 1 heterocycles. The Hall–Kier alpha value is -4.40. The second kappa shape index (κ2) is 12.4. The van der Waals surface area contributed by atoms with Crippen LogP contribution in [0, 0.1) is 6.92 Å². The van der Waals surface area contributed by atoms with Crippen molar-refractivity contribution >= 4 is 56.5 Å². The summed E-state index contributed by atoms with van der Waals surface area (Å²) in [5.41, 5.74) is 7.31. The van der Waals surface area contributed by atoms with Gasteiger partial charge in [-0.15, -0.1) is 0 Å². The van der Waals surface area contributed by atoms with Gasteiger partial charge in [-0.25, -0.2) is 10.2 Å². The quantitative estimate of drug-likeness (QED) is 0.0788. The van der Waals surface area contributed by atoms with E-state index >= 15 is 0 Å². The summed E-state index contributed by atoms with van der Waals surface area (Å²) < 4.78 is 12.1. The number of aromatic nitrogens is 1. The first-order valence-electron chi connectivity index (χ1n) is 12.8. The Kier molecular flexibility index (Phi) is 8.52. The standard InChI is InChI=1S/C32H25BrClN3O4/c1-3-40-27-17-20(11-16-26(27)41-32(39)21-12-14-22(33)15-13-21)18-35-37-31(38)30-28(23-8-4-5-10-25(23)34)24-9-6-7-19(2)29(24)36-30/h4-18,36H,3H2,1-2H3,(H,37,38). The Morgan fingerprint density at radius 1 is 1.00 bits per heavy atom. The number of hydrogen-bond acceptors (Lipinski definition) is 5. The number of H-pyrrole nitrogens is 1. The number of hydrazone groups is 1. The molecule has 1 aromatic heterocycles. The van der Waals surface area contributed by atoms with Crippen molar-refractivity contribution in [1.82, 2.24) is 10.4 Å². The zero-order valence-electron chi connectivity index (χ0n) is 22.2. The van der Waals surface area contributed by atoms with E-state index in [4.69, 9.17) is 21.1 Å². The summed E-state index contributed by atoms with van der Waals surface area (Å²) in [7, 11) is 0. The lowest BCUT2D eigenvalue weighted by atomic mass is 10.0. The molecule has 4 aromatic carbocycles. The van der Waals surface area contributed by atoms with Crippen molar-refractivity contribution in [2.45, 2.75) is 13.8 Å². The number of fused-ring (bicyclic) bond motifs is 1. The Balaban J connectivity index is 1.38. The van der Waals surface area contributed by atoms with Gasteiger partial charge in [0.05, 0.1) is 18.4 Å². The van der Waals surface area contributed by atoms with E-state index in [2.05, 4.69) is 31.4 Å². The Morgan fingerprint density at radius 2 is 1.78 bits per heavy atom. The van der Waals surface area contributed by atoms with Crippen LogP contribution in [-0.4, -0.2) is 29.7 Å². The third kappa shape index (κ3) is 6.19. The number of carbonyl (C=O) groups is 2. The minimum atomic E-state index is -0.505. The lowest BCUT2D eigenvalue weighted by Gasteiger charge is -2.11. The van der Waals surface area contributed by atoms with Crippen molar-refractivity contribution in [3.05, 3.63) is 117 Å². The van der Waals surface area contributed by atoms with E-state index in [1.54, 1.807) is 48.5 Å². The molecule has 0 bridgehead atoms. The van der Waals surface area contributed by atoms with E-state index in [0.717, 1.165) is 26.5 Å². The van der Waals surface area contributed by atoms with Crippen LogP contribution in [0.15, 0.2) is 94.5 Å². The third-order valence-electron chi connectivity index (χ3n) is 6.34. The number of aryl methyl sites for hydroxylation is 1. The monoisotopic (exact) mass is 629 g/mol. The molecule has 0 atom stereocenters. The first-order chi connectivity index (χ1) is 19.9. The van der Waals surface area contributed by atoms with Gasteiger partial charge in [-0.05, 0) is 73.5 Å². The first kappa shape index (κ1) is 28.1. The number of hydrogen-bond donors (Lipinski definition) is 2. The lowest BCUT2D eigenvalue weighted by molar-refractivity contribution is 0.0728. The lowest BCUT2D eigenvalue weighted by Crippen LogP contribution is -2.19. The minimum Gasteiger partial charge on any atom is -0.490 e. The van der Waals surface area contributed by atoms with Crippen molar-refractivity contribution in [3.8, 4) is 22.6 Å². The van der Waals surface area contributed by atoms with Crippen LogP contribution in [0.2, 0.25) is 5.02 Å². The average molecular weight is 631 g/mol. The molecule has 9 heteroatoms. The van der Waals surface area contributed by atoms with Crippen LogP contribution < -0.4 is 14.9 Å². The number of nitrogens with zero attached hydrogens (tertiary/aromatic N) is 1. The molecule has 0 saturated heterocycles. The highest BCUT2D eigenvalue weighted by Gasteiger charge is 2.21. The fraction of sp³-hybridized carbons (Fsp3) is 0.0938. The molecule has 2 N–H and O–H groups in total. The van der Waals surface area contributed by atoms with Crippen LogP contribution >= 0.6 is 27.5 Å². The molecule has 41 heavy (non-hydrogen) atoms. The van der Waals surface area contributed by atoms with Crippen LogP contribution in [0.1, 0.15) is 38.9 Å². The van der Waals surface area contributed by atoms with Gasteiger partial charge >= 0.3 is 5.97 Å². The SMILES string of the molecule is CCOc1cc(C=NNC(=O)c2[nH]c3c(C)cccc3c2-c2ccccc2Cl)ccc1OC(=O)c1ccc(Br)cc1. The number of rotatable bonds is 8. The average Bonchev–Trinajstić information content (AvgIpc) is 3.36. The van der Waals surface area contributed by atoms with Gasteiger partial charge in [-0.1, -0.05) is 63.9 Å². The zero-order valence-corrected chi connectivity index (χ0v) is 24.5. The smallest absolute Gasteiger partial charge is 0.343 e. The molecule has 0 unspecified atom stereocenters. The van der Waals surface area contributed by atoms with E-state index in [0.29, 0.717) is 39.8 Å². The van der Waals surface area contributed by atoms with Crippen molar-refractivity contribution in [2.75, 3.05) is 6.61 Å². The highest BCUT2D eigenvalue weighted by atomic mass is 79.9. The summed E-state index contributed by atoms with van der Waals surface area (Å²) in [4.78, 5) is 29.2. The van der Waals surface area contributed by atoms with Gasteiger partial charge < -0.3 is 14.5 Å². The summed E-state index contributed by atoms with van der Waals surface area (Å²) in [6.45, 7) is 4.18. The molecule has 0 radical (unpaired) electrons. The number of benzene rings is 4. The van der Waals surface area contributed by atoms with Crippen molar-refractivity contribution in [2.24, 2.45) is 5.10 Å². The van der Waals surface area contributed by atoms with Gasteiger partial charge in [0.1, 0.15) is 5.69 Å². The van der Waals surface area contributed by atoms with E-state index < -0.39 is 11.9 Å². The molecule has 5 rings (SSSR count). The molecule has 0 aliphatic carbocycles. The molecule has 0 aliphatic heterocycles. The molecule has 5 aromatic rings. The Bertz CT molecular complexity index is 1780. The van der Waals surface area contributed by atoms with E-state index in [1.165, 1.54) is 6.21 Å². The van der Waals surface area contributed by atoms with Crippen molar-refractivity contribution in [1.29, 1.82) is 0 Å². The van der Waals surface area contributed by atoms with Gasteiger partial charge in [-0.2, -0.15) is 5.10 Å². The van der Waals surface area contributed by atoms with E-state index in [1.807, 2.05) is 50.2 Å². The van der Waals surface area contributed by atoms with Crippen LogP contribution in [0.25, 0.3) is 22.0 Å². The fourth-order valence-electron chi connectivity index (χ4n) is 4.40. The summed E-state index contributed by atoms with van der Waals surface area (Å²) in [6.07, 6.45) is 1.49. The van der Waals surface area contributed by atoms with Crippen molar-refractivity contribution in [3.63, 3.8) is 0 Å². The summed E-state index contributed by atoms with van der Waals surface area (Å²) >= 11 is 9.88. The number of nitrogens with one attached hydrogen (secondary N) is 2. The third-order valence-corrected chi connectivity index (χ3v) is 7.20. The van der Waals surface area contributed by atoms with Gasteiger partial charge in [0.2, 0.25) is 0 Å². The van der Waals surface area contributed by atoms with E-state index in [-0.39, 0.29) is 5.75 Å². The van der Waals surface area contributed by atoms with Crippen LogP contribution in [-0.2, 0) is 0 Å². The van der Waals surface area contributed by atoms with E-state index in [9.17, 15) is 9.59 Å². The maximum atomic E-state index is 13.3. The van der Waals surface area contributed by atoms with Gasteiger partial charge in [0, 0.05) is 31.5 Å². The minimum absolute atomic E-state index is 0.277. The topological polar surface area (TPSA) is 92.8 Å². The molecule has 0 fully saturated rings. The predicted molar refractivity (Wildman–Crippen MR) is 165 cm³/mol. The number of carbonyl (C=O) groups excluding carboxylic acids is 2.